The van der Waals surface area contributed by atoms with Gasteiger partial charge in [-0.05, 0) is 58.4 Å². The van der Waals surface area contributed by atoms with E-state index in [4.69, 9.17) is 9.47 Å². The van der Waals surface area contributed by atoms with Gasteiger partial charge in [0, 0.05) is 18.2 Å². The Labute approximate surface area is 156 Å². The number of aromatic nitrogens is 1. The summed E-state index contributed by atoms with van der Waals surface area (Å²) in [4.78, 5) is 17.4. The van der Waals surface area contributed by atoms with Crippen LogP contribution in [0.25, 0.3) is 10.9 Å². The number of ether oxygens (including phenoxy) is 2. The van der Waals surface area contributed by atoms with E-state index in [1.807, 2.05) is 52.0 Å². The Bertz CT molecular complexity index is 745. The van der Waals surface area contributed by atoms with Crippen LogP contribution in [0.4, 0.5) is 5.69 Å². The second kappa shape index (κ2) is 8.99. The number of benzene rings is 1. The van der Waals surface area contributed by atoms with E-state index < -0.39 is 5.60 Å². The number of hydrogen-bond acceptors (Lipinski definition) is 4. The van der Waals surface area contributed by atoms with Crippen LogP contribution in [0.5, 0.6) is 5.75 Å². The van der Waals surface area contributed by atoms with Gasteiger partial charge in [0.25, 0.3) is 5.91 Å². The van der Waals surface area contributed by atoms with Crippen LogP contribution in [-0.2, 0) is 9.53 Å². The number of pyridine rings is 1. The van der Waals surface area contributed by atoms with Crippen LogP contribution in [-0.4, -0.2) is 29.2 Å². The van der Waals surface area contributed by atoms with Crippen molar-refractivity contribution in [1.29, 1.82) is 0 Å². The molecule has 0 unspecified atom stereocenters. The summed E-state index contributed by atoms with van der Waals surface area (Å²) in [6.07, 6.45) is 4.42. The fraction of sp³-hybridized carbons (Fsp3) is 0.524. The van der Waals surface area contributed by atoms with Crippen molar-refractivity contribution in [2.45, 2.75) is 65.6 Å². The maximum absolute atomic E-state index is 12.9. The van der Waals surface area contributed by atoms with Crippen molar-refractivity contribution in [3.05, 3.63) is 30.5 Å². The molecule has 1 atom stereocenters. The molecule has 2 aromatic rings. The highest BCUT2D eigenvalue weighted by Gasteiger charge is 2.33. The number of unbranched alkanes of at least 4 members (excludes halogenated alkanes) is 1. The highest BCUT2D eigenvalue weighted by Crippen LogP contribution is 2.32. The van der Waals surface area contributed by atoms with E-state index in [-0.39, 0.29) is 12.0 Å². The number of carbonyl (C=O) groups excluding carboxylic acids is 1. The molecule has 1 heterocycles. The highest BCUT2D eigenvalue weighted by molar-refractivity contribution is 6.05. The maximum atomic E-state index is 12.9. The molecule has 0 saturated heterocycles. The monoisotopic (exact) mass is 358 g/mol. The first-order valence-corrected chi connectivity index (χ1v) is 9.41. The van der Waals surface area contributed by atoms with Crippen LogP contribution in [0.15, 0.2) is 30.5 Å². The van der Waals surface area contributed by atoms with Gasteiger partial charge in [0.15, 0.2) is 0 Å². The molecule has 5 nitrogen and oxygen atoms in total. The summed E-state index contributed by atoms with van der Waals surface area (Å²) in [6, 6.07) is 7.52. The Morgan fingerprint density at radius 3 is 2.69 bits per heavy atom. The lowest BCUT2D eigenvalue weighted by atomic mass is 9.97. The second-order valence-corrected chi connectivity index (χ2v) is 6.90. The first-order valence-electron chi connectivity index (χ1n) is 9.41. The van der Waals surface area contributed by atoms with Gasteiger partial charge < -0.3 is 14.8 Å². The van der Waals surface area contributed by atoms with Crippen molar-refractivity contribution in [3.63, 3.8) is 0 Å². The molecule has 0 bridgehead atoms. The standard InChI is InChI=1S/C21H30N2O3/c1-6-8-13-21(5,25-7-2)20(24)23-17-11-12-18(26-15(3)4)19-16(17)10-9-14-22-19/h9-12,14-15H,6-8,13H2,1-5H3,(H,23,24)/t21-/m0/s1. The lowest BCUT2D eigenvalue weighted by molar-refractivity contribution is -0.139. The van der Waals surface area contributed by atoms with Gasteiger partial charge in [-0.1, -0.05) is 19.8 Å². The van der Waals surface area contributed by atoms with E-state index in [0.717, 1.165) is 29.4 Å². The molecule has 1 aromatic heterocycles. The number of hydrogen-bond donors (Lipinski definition) is 1. The molecule has 0 aliphatic rings. The van der Waals surface area contributed by atoms with E-state index in [0.29, 0.717) is 18.8 Å². The van der Waals surface area contributed by atoms with Crippen LogP contribution >= 0.6 is 0 Å². The maximum Gasteiger partial charge on any atom is 0.256 e. The third kappa shape index (κ3) is 4.73. The zero-order valence-electron chi connectivity index (χ0n) is 16.5. The van der Waals surface area contributed by atoms with Crippen LogP contribution in [0.1, 0.15) is 53.9 Å². The average molecular weight is 358 g/mol. The molecule has 142 valence electrons. The smallest absolute Gasteiger partial charge is 0.256 e. The van der Waals surface area contributed by atoms with E-state index in [2.05, 4.69) is 17.2 Å². The highest BCUT2D eigenvalue weighted by atomic mass is 16.5. The van der Waals surface area contributed by atoms with Gasteiger partial charge in [-0.25, -0.2) is 0 Å². The third-order valence-electron chi connectivity index (χ3n) is 4.29. The number of carbonyl (C=O) groups is 1. The first kappa shape index (κ1) is 20.2. The predicted molar refractivity (Wildman–Crippen MR) is 106 cm³/mol. The van der Waals surface area contributed by atoms with Crippen molar-refractivity contribution in [2.75, 3.05) is 11.9 Å². The molecule has 0 aliphatic carbocycles. The van der Waals surface area contributed by atoms with Gasteiger partial charge in [-0.2, -0.15) is 0 Å². The first-order chi connectivity index (χ1) is 12.4. The average Bonchev–Trinajstić information content (AvgIpc) is 2.62. The normalized spacial score (nSPS) is 13.6. The van der Waals surface area contributed by atoms with Crippen molar-refractivity contribution in [1.82, 2.24) is 4.98 Å². The van der Waals surface area contributed by atoms with Gasteiger partial charge in [0.05, 0.1) is 11.8 Å². The second-order valence-electron chi connectivity index (χ2n) is 6.90. The number of anilines is 1. The molecule has 0 fully saturated rings. The topological polar surface area (TPSA) is 60.5 Å². The number of amides is 1. The van der Waals surface area contributed by atoms with Gasteiger partial charge >= 0.3 is 0 Å². The molecule has 0 spiro atoms. The van der Waals surface area contributed by atoms with Crippen LogP contribution < -0.4 is 10.1 Å². The fourth-order valence-electron chi connectivity index (χ4n) is 2.94. The van der Waals surface area contributed by atoms with Crippen molar-refractivity contribution in [3.8, 4) is 5.75 Å². The van der Waals surface area contributed by atoms with E-state index >= 15 is 0 Å². The summed E-state index contributed by atoms with van der Waals surface area (Å²) in [5, 5.41) is 3.90. The molecule has 0 aliphatic heterocycles. The zero-order chi connectivity index (χ0) is 19.2. The summed E-state index contributed by atoms with van der Waals surface area (Å²) in [5.41, 5.74) is 0.620. The molecular weight excluding hydrogens is 328 g/mol. The molecule has 0 saturated carbocycles. The van der Waals surface area contributed by atoms with E-state index in [1.54, 1.807) is 6.20 Å². The fourth-order valence-corrected chi connectivity index (χ4v) is 2.94. The Morgan fingerprint density at radius 1 is 1.27 bits per heavy atom. The minimum atomic E-state index is -0.841. The van der Waals surface area contributed by atoms with Crippen LogP contribution in [0.3, 0.4) is 0 Å². The van der Waals surface area contributed by atoms with E-state index in [9.17, 15) is 4.79 Å². The van der Waals surface area contributed by atoms with Gasteiger partial charge in [-0.15, -0.1) is 0 Å². The number of nitrogens with one attached hydrogen (secondary N) is 1. The molecular formula is C21H30N2O3. The van der Waals surface area contributed by atoms with Gasteiger partial charge in [0.1, 0.15) is 16.9 Å². The molecule has 26 heavy (non-hydrogen) atoms. The SMILES string of the molecule is CCCC[C@](C)(OCC)C(=O)Nc1ccc(OC(C)C)c2ncccc12. The number of nitrogens with zero attached hydrogens (tertiary/aromatic N) is 1. The van der Waals surface area contributed by atoms with Crippen molar-refractivity contribution < 1.29 is 14.3 Å². The molecule has 2 rings (SSSR count). The van der Waals surface area contributed by atoms with Crippen molar-refractivity contribution in [2.24, 2.45) is 0 Å². The largest absolute Gasteiger partial charge is 0.489 e. The third-order valence-corrected chi connectivity index (χ3v) is 4.29. The molecule has 1 aromatic carbocycles. The molecule has 0 radical (unpaired) electrons. The summed E-state index contributed by atoms with van der Waals surface area (Å²) in [7, 11) is 0. The lowest BCUT2D eigenvalue weighted by Gasteiger charge is -2.28. The number of fused-ring (bicyclic) bond motifs is 1. The zero-order valence-corrected chi connectivity index (χ0v) is 16.5. The summed E-state index contributed by atoms with van der Waals surface area (Å²) < 4.78 is 11.6. The quantitative estimate of drug-likeness (QED) is 0.689. The molecule has 1 amide bonds. The Kier molecular flexibility index (Phi) is 6.98. The summed E-state index contributed by atoms with van der Waals surface area (Å²) >= 11 is 0. The minimum absolute atomic E-state index is 0.0518. The van der Waals surface area contributed by atoms with E-state index in [1.165, 1.54) is 0 Å². The predicted octanol–water partition coefficient (Wildman–Crippen LogP) is 4.95. The Hall–Kier alpha value is -2.14. The van der Waals surface area contributed by atoms with Crippen molar-refractivity contribution >= 4 is 22.5 Å². The van der Waals surface area contributed by atoms with Crippen LogP contribution in [0, 0.1) is 0 Å². The Balaban J connectivity index is 2.34. The Morgan fingerprint density at radius 2 is 2.04 bits per heavy atom. The minimum Gasteiger partial charge on any atom is -0.489 e. The van der Waals surface area contributed by atoms with Gasteiger partial charge in [0.2, 0.25) is 0 Å². The van der Waals surface area contributed by atoms with Gasteiger partial charge in [-0.3, -0.25) is 9.78 Å². The summed E-state index contributed by atoms with van der Waals surface area (Å²) in [6.45, 7) is 10.3. The lowest BCUT2D eigenvalue weighted by Crippen LogP contribution is -2.42. The summed E-state index contributed by atoms with van der Waals surface area (Å²) in [5.74, 6) is 0.586. The molecule has 1 N–H and O–H groups in total. The van der Waals surface area contributed by atoms with Crippen LogP contribution in [0.2, 0.25) is 0 Å². The number of rotatable bonds is 9. The molecule has 5 heteroatoms.